The van der Waals surface area contributed by atoms with Crippen molar-refractivity contribution in [3.8, 4) is 0 Å². The summed E-state index contributed by atoms with van der Waals surface area (Å²) in [5.41, 5.74) is 5.00. The SMILES string of the molecule is CCCCCCCCCCCC(=O)N[C@@H](C)C(=O)N[C@H](CCC(N)=O)C(=O)O. The minimum absolute atomic E-state index is 0.0878. The van der Waals surface area contributed by atoms with Gasteiger partial charge in [-0.05, 0) is 19.8 Å². The molecule has 0 rings (SSSR count). The Balaban J connectivity index is 3.97. The Kier molecular flexibility index (Phi) is 14.7. The van der Waals surface area contributed by atoms with Crippen LogP contribution >= 0.6 is 0 Å². The molecule has 0 bridgehead atoms. The van der Waals surface area contributed by atoms with Gasteiger partial charge in [-0.2, -0.15) is 0 Å². The van der Waals surface area contributed by atoms with Gasteiger partial charge in [0.2, 0.25) is 17.7 Å². The molecule has 0 aliphatic rings. The van der Waals surface area contributed by atoms with E-state index in [1.807, 2.05) is 0 Å². The van der Waals surface area contributed by atoms with E-state index in [4.69, 9.17) is 10.8 Å². The Morgan fingerprint density at radius 2 is 1.39 bits per heavy atom. The highest BCUT2D eigenvalue weighted by Crippen LogP contribution is 2.10. The van der Waals surface area contributed by atoms with E-state index >= 15 is 0 Å². The molecule has 2 atom stereocenters. The highest BCUT2D eigenvalue weighted by Gasteiger charge is 2.24. The molecule has 3 amide bonds. The van der Waals surface area contributed by atoms with E-state index in [-0.39, 0.29) is 18.7 Å². The van der Waals surface area contributed by atoms with Crippen LogP contribution in [0.25, 0.3) is 0 Å². The van der Waals surface area contributed by atoms with Gasteiger partial charge >= 0.3 is 5.97 Å². The van der Waals surface area contributed by atoms with Crippen LogP contribution in [0.5, 0.6) is 0 Å². The second-order valence-electron chi connectivity index (χ2n) is 7.27. The summed E-state index contributed by atoms with van der Waals surface area (Å²) in [4.78, 5) is 45.9. The van der Waals surface area contributed by atoms with Crippen molar-refractivity contribution in [2.75, 3.05) is 0 Å². The molecule has 0 unspecified atom stereocenters. The Morgan fingerprint density at radius 1 is 0.857 bits per heavy atom. The smallest absolute Gasteiger partial charge is 0.326 e. The molecule has 0 aromatic heterocycles. The summed E-state index contributed by atoms with van der Waals surface area (Å²) >= 11 is 0. The first kappa shape index (κ1) is 25.9. The van der Waals surface area contributed by atoms with Crippen molar-refractivity contribution in [2.45, 2.75) is 103 Å². The molecular weight excluding hydrogens is 362 g/mol. The van der Waals surface area contributed by atoms with E-state index in [0.717, 1.165) is 19.3 Å². The zero-order valence-electron chi connectivity index (χ0n) is 17.3. The third-order valence-corrected chi connectivity index (χ3v) is 4.57. The summed E-state index contributed by atoms with van der Waals surface area (Å²) in [5.74, 6) is -2.71. The number of primary amides is 1. The number of carboxylic acids is 1. The van der Waals surface area contributed by atoms with E-state index < -0.39 is 29.9 Å². The van der Waals surface area contributed by atoms with Gasteiger partial charge in [0, 0.05) is 12.8 Å². The molecule has 28 heavy (non-hydrogen) atoms. The van der Waals surface area contributed by atoms with Gasteiger partial charge in [-0.3, -0.25) is 14.4 Å². The molecule has 0 fully saturated rings. The number of aliphatic carboxylic acids is 1. The van der Waals surface area contributed by atoms with Crippen molar-refractivity contribution in [1.82, 2.24) is 10.6 Å². The van der Waals surface area contributed by atoms with Crippen LogP contribution in [-0.2, 0) is 19.2 Å². The van der Waals surface area contributed by atoms with Crippen LogP contribution < -0.4 is 16.4 Å². The van der Waals surface area contributed by atoms with Crippen molar-refractivity contribution < 1.29 is 24.3 Å². The van der Waals surface area contributed by atoms with Crippen LogP contribution in [-0.4, -0.2) is 40.9 Å². The molecule has 162 valence electrons. The lowest BCUT2D eigenvalue weighted by Gasteiger charge is -2.18. The number of carboxylic acid groups (broad SMARTS) is 1. The van der Waals surface area contributed by atoms with Crippen LogP contribution in [0.1, 0.15) is 90.9 Å². The third-order valence-electron chi connectivity index (χ3n) is 4.57. The lowest BCUT2D eigenvalue weighted by atomic mass is 10.1. The maximum Gasteiger partial charge on any atom is 0.326 e. The molecule has 0 spiro atoms. The lowest BCUT2D eigenvalue weighted by Crippen LogP contribution is -2.50. The molecule has 0 saturated heterocycles. The molecule has 0 radical (unpaired) electrons. The lowest BCUT2D eigenvalue weighted by molar-refractivity contribution is -0.142. The number of nitrogens with one attached hydrogen (secondary N) is 2. The first-order chi connectivity index (χ1) is 13.3. The average Bonchev–Trinajstić information content (AvgIpc) is 2.63. The Bertz CT molecular complexity index is 496. The van der Waals surface area contributed by atoms with Crippen LogP contribution in [0.15, 0.2) is 0 Å². The molecule has 0 saturated carbocycles. The molecule has 0 aromatic rings. The van der Waals surface area contributed by atoms with Crippen molar-refractivity contribution in [3.63, 3.8) is 0 Å². The third kappa shape index (κ3) is 14.0. The van der Waals surface area contributed by atoms with E-state index in [1.54, 1.807) is 0 Å². The average molecular weight is 400 g/mol. The van der Waals surface area contributed by atoms with Gasteiger partial charge < -0.3 is 21.5 Å². The molecule has 0 heterocycles. The first-order valence-electron chi connectivity index (χ1n) is 10.4. The molecule has 8 heteroatoms. The van der Waals surface area contributed by atoms with Gasteiger partial charge in [-0.15, -0.1) is 0 Å². The minimum atomic E-state index is -1.25. The van der Waals surface area contributed by atoms with Crippen molar-refractivity contribution in [2.24, 2.45) is 5.73 Å². The number of rotatable bonds is 17. The van der Waals surface area contributed by atoms with E-state index in [9.17, 15) is 19.2 Å². The summed E-state index contributed by atoms with van der Waals surface area (Å²) in [6, 6.07) is -2.06. The monoisotopic (exact) mass is 399 g/mol. The van der Waals surface area contributed by atoms with Gasteiger partial charge in [0.25, 0.3) is 0 Å². The highest BCUT2D eigenvalue weighted by molar-refractivity contribution is 5.90. The number of nitrogens with two attached hydrogens (primary N) is 1. The predicted octanol–water partition coefficient (Wildman–Crippen LogP) is 2.25. The van der Waals surface area contributed by atoms with Gasteiger partial charge in [0.1, 0.15) is 12.1 Å². The topological polar surface area (TPSA) is 139 Å². The van der Waals surface area contributed by atoms with Crippen molar-refractivity contribution >= 4 is 23.7 Å². The maximum atomic E-state index is 12.1. The van der Waals surface area contributed by atoms with Crippen molar-refractivity contribution in [1.29, 1.82) is 0 Å². The first-order valence-corrected chi connectivity index (χ1v) is 10.4. The number of carbonyl (C=O) groups is 4. The summed E-state index contributed by atoms with van der Waals surface area (Å²) in [5, 5.41) is 14.0. The predicted molar refractivity (Wildman–Crippen MR) is 107 cm³/mol. The number of hydrogen-bond donors (Lipinski definition) is 4. The fraction of sp³-hybridized carbons (Fsp3) is 0.800. The number of amides is 3. The normalized spacial score (nSPS) is 12.8. The number of unbranched alkanes of at least 4 members (excludes halogenated alkanes) is 8. The van der Waals surface area contributed by atoms with Gasteiger partial charge in [-0.25, -0.2) is 4.79 Å². The van der Waals surface area contributed by atoms with E-state index in [1.165, 1.54) is 45.4 Å². The quantitative estimate of drug-likeness (QED) is 0.278. The molecule has 0 aliphatic carbocycles. The largest absolute Gasteiger partial charge is 0.480 e. The Hall–Kier alpha value is -2.12. The van der Waals surface area contributed by atoms with Crippen LogP contribution in [0.2, 0.25) is 0 Å². The van der Waals surface area contributed by atoms with Crippen LogP contribution in [0.3, 0.4) is 0 Å². The molecular formula is C20H37N3O5. The Morgan fingerprint density at radius 3 is 1.89 bits per heavy atom. The molecule has 5 N–H and O–H groups in total. The fourth-order valence-corrected chi connectivity index (χ4v) is 2.82. The molecule has 8 nitrogen and oxygen atoms in total. The van der Waals surface area contributed by atoms with Gasteiger partial charge in [0.05, 0.1) is 0 Å². The van der Waals surface area contributed by atoms with Gasteiger partial charge in [0.15, 0.2) is 0 Å². The minimum Gasteiger partial charge on any atom is -0.480 e. The van der Waals surface area contributed by atoms with E-state index in [0.29, 0.717) is 6.42 Å². The van der Waals surface area contributed by atoms with Crippen LogP contribution in [0, 0.1) is 0 Å². The Labute approximate surface area is 168 Å². The molecule has 0 aliphatic heterocycles. The number of carbonyl (C=O) groups excluding carboxylic acids is 3. The van der Waals surface area contributed by atoms with Crippen LogP contribution in [0.4, 0.5) is 0 Å². The maximum absolute atomic E-state index is 12.1. The molecule has 0 aromatic carbocycles. The second-order valence-corrected chi connectivity index (χ2v) is 7.27. The highest BCUT2D eigenvalue weighted by atomic mass is 16.4. The summed E-state index contributed by atoms with van der Waals surface area (Å²) in [7, 11) is 0. The standard InChI is InChI=1S/C20H37N3O5/c1-3-4-5-6-7-8-9-10-11-12-18(25)22-15(2)19(26)23-16(20(27)28)13-14-17(21)24/h15-16H,3-14H2,1-2H3,(H2,21,24)(H,22,25)(H,23,26)(H,27,28)/t15-,16+/m0/s1. The van der Waals surface area contributed by atoms with Gasteiger partial charge in [-0.1, -0.05) is 58.3 Å². The van der Waals surface area contributed by atoms with Crippen molar-refractivity contribution in [3.05, 3.63) is 0 Å². The summed E-state index contributed by atoms with van der Waals surface area (Å²) in [6.07, 6.45) is 10.5. The zero-order valence-corrected chi connectivity index (χ0v) is 17.3. The number of hydrogen-bond acceptors (Lipinski definition) is 4. The second kappa shape index (κ2) is 15.9. The summed E-state index contributed by atoms with van der Waals surface area (Å²) in [6.45, 7) is 3.70. The summed E-state index contributed by atoms with van der Waals surface area (Å²) < 4.78 is 0. The zero-order chi connectivity index (χ0) is 21.4. The fourth-order valence-electron chi connectivity index (χ4n) is 2.82. The van der Waals surface area contributed by atoms with E-state index in [2.05, 4.69) is 17.6 Å².